The molecule has 1 aromatic heterocycles. The predicted molar refractivity (Wildman–Crippen MR) is 66.0 cm³/mol. The fourth-order valence-electron chi connectivity index (χ4n) is 1.73. The Bertz CT molecular complexity index is 471. The van der Waals surface area contributed by atoms with Crippen LogP contribution in [0.2, 0.25) is 0 Å². The molecule has 1 fully saturated rings. The van der Waals surface area contributed by atoms with Crippen molar-refractivity contribution in [2.75, 3.05) is 19.7 Å². The molecule has 0 radical (unpaired) electrons. The number of hydrogen-bond donors (Lipinski definition) is 1. The Morgan fingerprint density at radius 1 is 1.56 bits per heavy atom. The van der Waals surface area contributed by atoms with Crippen molar-refractivity contribution in [1.29, 1.82) is 0 Å². The molecule has 2 rings (SSSR count). The monoisotopic (exact) mass is 325 g/mol. The second kappa shape index (κ2) is 4.73. The lowest BCUT2D eigenvalue weighted by atomic mass is 10.1. The molecule has 0 bridgehead atoms. The van der Waals surface area contributed by atoms with E-state index in [1.807, 2.05) is 0 Å². The summed E-state index contributed by atoms with van der Waals surface area (Å²) < 4.78 is 26.9. The van der Waals surface area contributed by atoms with Crippen LogP contribution >= 0.6 is 27.3 Å². The van der Waals surface area contributed by atoms with Crippen LogP contribution in [0.4, 0.5) is 0 Å². The van der Waals surface area contributed by atoms with Crippen molar-refractivity contribution < 1.29 is 13.5 Å². The average molecular weight is 326 g/mol. The molecule has 1 N–H and O–H groups in total. The smallest absolute Gasteiger partial charge is 0.252 e. The van der Waals surface area contributed by atoms with Crippen LogP contribution in [0.1, 0.15) is 6.42 Å². The summed E-state index contributed by atoms with van der Waals surface area (Å²) in [5, 5.41) is 9.00. The number of hydrogen-bond acceptors (Lipinski definition) is 4. The first-order valence-electron chi connectivity index (χ1n) is 4.90. The Hall–Kier alpha value is 0.0500. The summed E-state index contributed by atoms with van der Waals surface area (Å²) in [5.41, 5.74) is 0. The molecule has 1 aliphatic heterocycles. The van der Waals surface area contributed by atoms with E-state index in [1.54, 1.807) is 12.1 Å². The first-order valence-corrected chi connectivity index (χ1v) is 7.95. The van der Waals surface area contributed by atoms with E-state index in [1.165, 1.54) is 15.6 Å². The van der Waals surface area contributed by atoms with Crippen molar-refractivity contribution in [2.24, 2.45) is 5.92 Å². The number of halogens is 1. The van der Waals surface area contributed by atoms with Gasteiger partial charge in [-0.25, -0.2) is 8.42 Å². The van der Waals surface area contributed by atoms with Gasteiger partial charge in [-0.3, -0.25) is 0 Å². The summed E-state index contributed by atoms with van der Waals surface area (Å²) in [7, 11) is -3.35. The molecule has 16 heavy (non-hydrogen) atoms. The van der Waals surface area contributed by atoms with Crippen LogP contribution in [-0.4, -0.2) is 37.5 Å². The molecule has 0 aromatic carbocycles. The molecule has 7 heteroatoms. The normalized spacial score (nSPS) is 22.8. The number of nitrogens with zero attached hydrogens (tertiary/aromatic N) is 1. The van der Waals surface area contributed by atoms with Crippen LogP contribution < -0.4 is 0 Å². The highest BCUT2D eigenvalue weighted by molar-refractivity contribution is 9.11. The van der Waals surface area contributed by atoms with Crippen LogP contribution in [0.5, 0.6) is 0 Å². The second-order valence-electron chi connectivity index (χ2n) is 3.76. The lowest BCUT2D eigenvalue weighted by Crippen LogP contribution is -2.28. The summed E-state index contributed by atoms with van der Waals surface area (Å²) in [4.78, 5) is 0. The molecule has 0 aliphatic carbocycles. The Kier molecular flexibility index (Phi) is 3.70. The number of sulfonamides is 1. The fraction of sp³-hybridized carbons (Fsp3) is 0.556. The third kappa shape index (κ3) is 2.33. The molecular weight excluding hydrogens is 314 g/mol. The van der Waals surface area contributed by atoms with E-state index in [9.17, 15) is 8.42 Å². The highest BCUT2D eigenvalue weighted by Gasteiger charge is 2.32. The minimum absolute atomic E-state index is 0.0557. The zero-order chi connectivity index (χ0) is 11.8. The van der Waals surface area contributed by atoms with Gasteiger partial charge in [0, 0.05) is 19.7 Å². The number of thiophene rings is 1. The summed E-state index contributed by atoms with van der Waals surface area (Å²) in [5.74, 6) is 0.0816. The topological polar surface area (TPSA) is 57.6 Å². The summed E-state index contributed by atoms with van der Waals surface area (Å²) in [6, 6.07) is 3.34. The molecule has 1 aliphatic rings. The summed E-state index contributed by atoms with van der Waals surface area (Å²) in [6.45, 7) is 0.984. The third-order valence-corrected chi connectivity index (χ3v) is 6.61. The first kappa shape index (κ1) is 12.5. The van der Waals surface area contributed by atoms with Gasteiger partial charge in [0.05, 0.1) is 3.79 Å². The van der Waals surface area contributed by atoms with Crippen molar-refractivity contribution in [3.8, 4) is 0 Å². The van der Waals surface area contributed by atoms with E-state index in [2.05, 4.69) is 15.9 Å². The van der Waals surface area contributed by atoms with Crippen LogP contribution in [-0.2, 0) is 10.0 Å². The van der Waals surface area contributed by atoms with Gasteiger partial charge in [0.15, 0.2) is 0 Å². The lowest BCUT2D eigenvalue weighted by Gasteiger charge is -2.14. The van der Waals surface area contributed by atoms with Gasteiger partial charge in [-0.2, -0.15) is 4.31 Å². The quantitative estimate of drug-likeness (QED) is 0.916. The first-order chi connectivity index (χ1) is 7.54. The number of aliphatic hydroxyl groups excluding tert-OH is 1. The van der Waals surface area contributed by atoms with Gasteiger partial charge in [-0.1, -0.05) is 0 Å². The molecule has 0 spiro atoms. The predicted octanol–water partition coefficient (Wildman–Crippen LogP) is 1.51. The SMILES string of the molecule is O=S(=O)(c1ccc(Br)s1)N1CC[C@H](CO)C1. The van der Waals surface area contributed by atoms with E-state index >= 15 is 0 Å². The van der Waals surface area contributed by atoms with E-state index in [-0.39, 0.29) is 12.5 Å². The van der Waals surface area contributed by atoms with Crippen molar-refractivity contribution >= 4 is 37.3 Å². The van der Waals surface area contributed by atoms with Gasteiger partial charge in [0.2, 0.25) is 0 Å². The van der Waals surface area contributed by atoms with Gasteiger partial charge in [-0.15, -0.1) is 11.3 Å². The van der Waals surface area contributed by atoms with Crippen molar-refractivity contribution in [3.05, 3.63) is 15.9 Å². The van der Waals surface area contributed by atoms with E-state index < -0.39 is 10.0 Å². The van der Waals surface area contributed by atoms with Gasteiger partial charge in [-0.05, 0) is 40.4 Å². The van der Waals surface area contributed by atoms with Gasteiger partial charge in [0.25, 0.3) is 10.0 Å². The summed E-state index contributed by atoms with van der Waals surface area (Å²) in [6.07, 6.45) is 0.738. The van der Waals surface area contributed by atoms with Crippen molar-refractivity contribution in [1.82, 2.24) is 4.31 Å². The molecule has 0 saturated carbocycles. The molecular formula is C9H12BrNO3S2. The molecule has 0 unspecified atom stereocenters. The Labute approximate surface area is 107 Å². The average Bonchev–Trinajstić information content (AvgIpc) is 2.85. The fourth-order valence-corrected chi connectivity index (χ4v) is 5.42. The van der Waals surface area contributed by atoms with E-state index in [4.69, 9.17) is 5.11 Å². The van der Waals surface area contributed by atoms with Crippen LogP contribution in [0.3, 0.4) is 0 Å². The maximum absolute atomic E-state index is 12.1. The van der Waals surface area contributed by atoms with Crippen LogP contribution in [0, 0.1) is 5.92 Å². The summed E-state index contributed by atoms with van der Waals surface area (Å²) >= 11 is 4.47. The Morgan fingerprint density at radius 3 is 2.81 bits per heavy atom. The molecule has 0 amide bonds. The maximum Gasteiger partial charge on any atom is 0.252 e. The van der Waals surface area contributed by atoms with Gasteiger partial charge >= 0.3 is 0 Å². The Morgan fingerprint density at radius 2 is 2.31 bits per heavy atom. The molecule has 1 aromatic rings. The van der Waals surface area contributed by atoms with Gasteiger partial charge < -0.3 is 5.11 Å². The van der Waals surface area contributed by atoms with E-state index in [0.29, 0.717) is 17.3 Å². The van der Waals surface area contributed by atoms with Crippen LogP contribution in [0.25, 0.3) is 0 Å². The zero-order valence-electron chi connectivity index (χ0n) is 8.47. The molecule has 2 heterocycles. The molecule has 1 saturated heterocycles. The molecule has 1 atom stereocenters. The highest BCUT2D eigenvalue weighted by atomic mass is 79.9. The molecule has 4 nitrogen and oxygen atoms in total. The van der Waals surface area contributed by atoms with Crippen molar-refractivity contribution in [2.45, 2.75) is 10.6 Å². The standard InChI is InChI=1S/C9H12BrNO3S2/c10-8-1-2-9(15-8)16(13,14)11-4-3-7(5-11)6-12/h1-2,7,12H,3-6H2/t7-/m0/s1. The maximum atomic E-state index is 12.1. The van der Waals surface area contributed by atoms with E-state index in [0.717, 1.165) is 10.2 Å². The third-order valence-electron chi connectivity index (χ3n) is 2.65. The Balaban J connectivity index is 2.21. The number of aliphatic hydroxyl groups is 1. The highest BCUT2D eigenvalue weighted by Crippen LogP contribution is 2.31. The number of rotatable bonds is 3. The van der Waals surface area contributed by atoms with Gasteiger partial charge in [0.1, 0.15) is 4.21 Å². The molecule has 90 valence electrons. The minimum atomic E-state index is -3.35. The second-order valence-corrected chi connectivity index (χ2v) is 8.39. The largest absolute Gasteiger partial charge is 0.396 e. The zero-order valence-corrected chi connectivity index (χ0v) is 11.7. The van der Waals surface area contributed by atoms with Crippen LogP contribution in [0.15, 0.2) is 20.1 Å². The lowest BCUT2D eigenvalue weighted by molar-refractivity contribution is 0.233. The van der Waals surface area contributed by atoms with Crippen molar-refractivity contribution in [3.63, 3.8) is 0 Å². The minimum Gasteiger partial charge on any atom is -0.396 e.